The SMILES string of the molecule is O=C1c2ccccc2C(=O)N1OCCc1cc(-c2ccccc2)ccc1-c1cccc(O)c1.OCc1cc(-c2ccccc2)ccc1-c1cccc(O)c1. The molecular formula is C47H37NO6. The zero-order valence-corrected chi connectivity index (χ0v) is 29.3. The number of hydrogen-bond donors (Lipinski definition) is 3. The average molecular weight is 712 g/mol. The molecule has 0 unspecified atom stereocenters. The molecule has 0 radical (unpaired) electrons. The van der Waals surface area contributed by atoms with E-state index in [2.05, 4.69) is 6.07 Å². The van der Waals surface area contributed by atoms with E-state index in [4.69, 9.17) is 4.84 Å². The normalized spacial score (nSPS) is 11.9. The van der Waals surface area contributed by atoms with E-state index in [1.807, 2.05) is 103 Å². The number of aliphatic hydroxyl groups excluding tert-OH is 1. The van der Waals surface area contributed by atoms with Gasteiger partial charge in [-0.2, -0.15) is 0 Å². The van der Waals surface area contributed by atoms with E-state index in [0.717, 1.165) is 60.7 Å². The first-order valence-corrected chi connectivity index (χ1v) is 17.6. The molecule has 3 N–H and O–H groups in total. The molecule has 266 valence electrons. The van der Waals surface area contributed by atoms with E-state index >= 15 is 0 Å². The van der Waals surface area contributed by atoms with Crippen molar-refractivity contribution in [1.29, 1.82) is 0 Å². The molecule has 1 heterocycles. The number of aliphatic hydroxyl groups is 1. The van der Waals surface area contributed by atoms with Gasteiger partial charge in [-0.3, -0.25) is 14.4 Å². The number of hydrogen-bond acceptors (Lipinski definition) is 6. The van der Waals surface area contributed by atoms with Crippen molar-refractivity contribution in [2.24, 2.45) is 0 Å². The Bertz CT molecular complexity index is 2390. The molecule has 0 aromatic heterocycles. The van der Waals surface area contributed by atoms with Crippen molar-refractivity contribution in [1.82, 2.24) is 5.06 Å². The van der Waals surface area contributed by atoms with Crippen LogP contribution in [-0.4, -0.2) is 38.8 Å². The predicted octanol–water partition coefficient (Wildman–Crippen LogP) is 9.71. The van der Waals surface area contributed by atoms with Gasteiger partial charge >= 0.3 is 0 Å². The van der Waals surface area contributed by atoms with Crippen LogP contribution in [0.25, 0.3) is 44.5 Å². The van der Waals surface area contributed by atoms with Crippen LogP contribution in [0, 0.1) is 0 Å². The number of carbonyl (C=O) groups is 2. The molecule has 0 fully saturated rings. The molecule has 8 rings (SSSR count). The van der Waals surface area contributed by atoms with Gasteiger partial charge in [-0.1, -0.05) is 127 Å². The predicted molar refractivity (Wildman–Crippen MR) is 210 cm³/mol. The van der Waals surface area contributed by atoms with Gasteiger partial charge in [0.2, 0.25) is 0 Å². The third-order valence-electron chi connectivity index (χ3n) is 9.26. The zero-order chi connectivity index (χ0) is 37.4. The van der Waals surface area contributed by atoms with Gasteiger partial charge in [-0.05, 0) is 105 Å². The standard InChI is InChI=1S/C28H21NO4.C19H16O2/c30-23-10-6-9-21(18-23)24-14-13-20(19-7-2-1-3-8-19)17-22(24)15-16-33-29-27(31)25-11-4-5-12-26(25)28(29)32;20-13-17-11-15(14-5-2-1-3-6-14)9-10-19(17)16-7-4-8-18(21)12-16/h1-14,17-18,30H,15-16H2;1-12,20-21H,13H2. The fourth-order valence-corrected chi connectivity index (χ4v) is 6.59. The molecule has 54 heavy (non-hydrogen) atoms. The van der Waals surface area contributed by atoms with Gasteiger partial charge in [-0.15, -0.1) is 5.06 Å². The van der Waals surface area contributed by atoms with Crippen molar-refractivity contribution in [2.45, 2.75) is 13.0 Å². The molecule has 0 spiro atoms. The van der Waals surface area contributed by atoms with Gasteiger partial charge in [0.1, 0.15) is 11.5 Å². The van der Waals surface area contributed by atoms with Crippen LogP contribution < -0.4 is 0 Å². The van der Waals surface area contributed by atoms with Gasteiger partial charge in [0, 0.05) is 0 Å². The minimum atomic E-state index is -0.443. The van der Waals surface area contributed by atoms with Crippen LogP contribution in [0.5, 0.6) is 11.5 Å². The highest BCUT2D eigenvalue weighted by Gasteiger charge is 2.36. The largest absolute Gasteiger partial charge is 0.508 e. The van der Waals surface area contributed by atoms with E-state index in [1.165, 1.54) is 0 Å². The maximum Gasteiger partial charge on any atom is 0.285 e. The van der Waals surface area contributed by atoms with E-state index in [0.29, 0.717) is 17.5 Å². The fourth-order valence-electron chi connectivity index (χ4n) is 6.59. The summed E-state index contributed by atoms with van der Waals surface area (Å²) in [6.07, 6.45) is 0.471. The third-order valence-corrected chi connectivity index (χ3v) is 9.26. The zero-order valence-electron chi connectivity index (χ0n) is 29.3. The van der Waals surface area contributed by atoms with Crippen LogP contribution in [0.4, 0.5) is 0 Å². The second-order valence-corrected chi connectivity index (χ2v) is 12.8. The van der Waals surface area contributed by atoms with Crippen LogP contribution >= 0.6 is 0 Å². The van der Waals surface area contributed by atoms with Crippen molar-refractivity contribution >= 4 is 11.8 Å². The van der Waals surface area contributed by atoms with Crippen LogP contribution in [0.3, 0.4) is 0 Å². The number of benzene rings is 7. The monoisotopic (exact) mass is 711 g/mol. The summed E-state index contributed by atoms with van der Waals surface area (Å²) in [5.74, 6) is -0.472. The Morgan fingerprint density at radius 3 is 1.35 bits per heavy atom. The topological polar surface area (TPSA) is 107 Å². The Kier molecular flexibility index (Phi) is 10.7. The maximum absolute atomic E-state index is 12.6. The number of aromatic hydroxyl groups is 2. The van der Waals surface area contributed by atoms with Crippen molar-refractivity contribution in [3.8, 4) is 56.0 Å². The number of carbonyl (C=O) groups excluding carboxylic acids is 2. The minimum Gasteiger partial charge on any atom is -0.508 e. The highest BCUT2D eigenvalue weighted by atomic mass is 16.7. The number of phenols is 2. The Balaban J connectivity index is 0.000000184. The Morgan fingerprint density at radius 2 is 0.870 bits per heavy atom. The number of imide groups is 1. The first-order valence-electron chi connectivity index (χ1n) is 17.6. The Hall–Kier alpha value is -6.80. The van der Waals surface area contributed by atoms with E-state index < -0.39 is 11.8 Å². The van der Waals surface area contributed by atoms with Crippen molar-refractivity contribution in [2.75, 3.05) is 6.61 Å². The van der Waals surface area contributed by atoms with E-state index in [9.17, 15) is 24.9 Å². The van der Waals surface area contributed by atoms with Crippen LogP contribution in [-0.2, 0) is 17.9 Å². The molecule has 7 aromatic rings. The summed E-state index contributed by atoms with van der Waals surface area (Å²) in [6, 6.07) is 53.1. The van der Waals surface area contributed by atoms with Crippen LogP contribution in [0.15, 0.2) is 170 Å². The molecule has 0 aliphatic carbocycles. The summed E-state index contributed by atoms with van der Waals surface area (Å²) in [5.41, 5.74) is 10.5. The minimum absolute atomic E-state index is 0.0360. The first-order chi connectivity index (χ1) is 26.4. The van der Waals surface area contributed by atoms with Crippen LogP contribution in [0.2, 0.25) is 0 Å². The Morgan fingerprint density at radius 1 is 0.426 bits per heavy atom. The molecule has 0 saturated heterocycles. The van der Waals surface area contributed by atoms with Crippen LogP contribution in [0.1, 0.15) is 31.8 Å². The summed E-state index contributed by atoms with van der Waals surface area (Å²) >= 11 is 0. The van der Waals surface area contributed by atoms with Gasteiger partial charge in [0.25, 0.3) is 11.8 Å². The average Bonchev–Trinajstić information content (AvgIpc) is 3.46. The molecule has 0 saturated carbocycles. The number of hydroxylamine groups is 2. The number of phenolic OH excluding ortho intramolecular Hbond substituents is 2. The summed E-state index contributed by atoms with van der Waals surface area (Å²) in [7, 11) is 0. The highest BCUT2D eigenvalue weighted by molar-refractivity contribution is 6.20. The molecule has 2 amide bonds. The second-order valence-electron chi connectivity index (χ2n) is 12.8. The molecular weight excluding hydrogens is 675 g/mol. The lowest BCUT2D eigenvalue weighted by atomic mass is 9.93. The van der Waals surface area contributed by atoms with Crippen molar-refractivity contribution < 1.29 is 29.7 Å². The second kappa shape index (κ2) is 16.3. The fraction of sp³-hybridized carbons (Fsp3) is 0.0638. The first kappa shape index (κ1) is 35.6. The van der Waals surface area contributed by atoms with Crippen molar-refractivity contribution in [3.63, 3.8) is 0 Å². The van der Waals surface area contributed by atoms with E-state index in [1.54, 1.807) is 60.7 Å². The quantitative estimate of drug-likeness (QED) is 0.129. The molecule has 0 atom stereocenters. The molecule has 0 bridgehead atoms. The number of nitrogens with zero attached hydrogens (tertiary/aromatic N) is 1. The highest BCUT2D eigenvalue weighted by Crippen LogP contribution is 2.33. The Labute approximate surface area is 313 Å². The van der Waals surface area contributed by atoms with Crippen molar-refractivity contribution in [3.05, 3.63) is 192 Å². The number of rotatable bonds is 9. The molecule has 7 heteroatoms. The van der Waals surface area contributed by atoms with Gasteiger partial charge in [0.05, 0.1) is 24.3 Å². The summed E-state index contributed by atoms with van der Waals surface area (Å²) in [6.45, 7) is 0.112. The molecule has 1 aliphatic rings. The lowest BCUT2D eigenvalue weighted by Gasteiger charge is -2.16. The summed E-state index contributed by atoms with van der Waals surface area (Å²) < 4.78 is 0. The molecule has 7 nitrogen and oxygen atoms in total. The van der Waals surface area contributed by atoms with Gasteiger partial charge in [-0.25, -0.2) is 0 Å². The number of fused-ring (bicyclic) bond motifs is 1. The van der Waals surface area contributed by atoms with Gasteiger partial charge < -0.3 is 15.3 Å². The lowest BCUT2D eigenvalue weighted by Crippen LogP contribution is -2.30. The molecule has 7 aromatic carbocycles. The third kappa shape index (κ3) is 7.83. The molecule has 1 aliphatic heterocycles. The number of amides is 2. The smallest absolute Gasteiger partial charge is 0.285 e. The van der Waals surface area contributed by atoms with Gasteiger partial charge in [0.15, 0.2) is 0 Å². The summed E-state index contributed by atoms with van der Waals surface area (Å²) in [4.78, 5) is 30.8. The summed E-state index contributed by atoms with van der Waals surface area (Å²) in [5, 5.41) is 30.1. The van der Waals surface area contributed by atoms with E-state index in [-0.39, 0.29) is 24.7 Å². The maximum atomic E-state index is 12.6. The lowest BCUT2D eigenvalue weighted by molar-refractivity contribution is -0.0901.